The Morgan fingerprint density at radius 1 is 1.32 bits per heavy atom. The van der Waals surface area contributed by atoms with Crippen molar-refractivity contribution in [1.82, 2.24) is 5.32 Å². The molecule has 3 unspecified atom stereocenters. The van der Waals surface area contributed by atoms with E-state index in [1.165, 1.54) is 5.56 Å². The third kappa shape index (κ3) is 2.77. The van der Waals surface area contributed by atoms with E-state index in [1.807, 2.05) is 0 Å². The van der Waals surface area contributed by atoms with Crippen LogP contribution in [0.15, 0.2) is 24.3 Å². The first kappa shape index (κ1) is 12.9. The number of benzene rings is 1. The highest BCUT2D eigenvalue weighted by Gasteiger charge is 2.34. The highest BCUT2D eigenvalue weighted by Crippen LogP contribution is 2.38. The normalized spacial score (nSPS) is 29.8. The van der Waals surface area contributed by atoms with Crippen molar-refractivity contribution in [1.29, 1.82) is 0 Å². The summed E-state index contributed by atoms with van der Waals surface area (Å²) in [6, 6.07) is 8.86. The van der Waals surface area contributed by atoms with Crippen LogP contribution >= 0.6 is 0 Å². The zero-order valence-corrected chi connectivity index (χ0v) is 11.6. The molecule has 1 aromatic rings. The van der Waals surface area contributed by atoms with Gasteiger partial charge < -0.3 is 14.8 Å². The lowest BCUT2D eigenvalue weighted by Gasteiger charge is -2.35. The average Bonchev–Trinajstić information content (AvgIpc) is 2.98. The van der Waals surface area contributed by atoms with Crippen molar-refractivity contribution in [2.24, 2.45) is 5.92 Å². The van der Waals surface area contributed by atoms with Gasteiger partial charge in [0.2, 0.25) is 0 Å². The first-order valence-corrected chi connectivity index (χ1v) is 7.45. The monoisotopic (exact) mass is 261 g/mol. The molecule has 104 valence electrons. The third-order valence-electron chi connectivity index (χ3n) is 4.17. The van der Waals surface area contributed by atoms with Gasteiger partial charge in [0.15, 0.2) is 0 Å². The minimum absolute atomic E-state index is 0.298. The van der Waals surface area contributed by atoms with E-state index < -0.39 is 0 Å². The summed E-state index contributed by atoms with van der Waals surface area (Å²) in [5.74, 6) is 1.61. The number of nitrogens with one attached hydrogen (secondary N) is 1. The van der Waals surface area contributed by atoms with Crippen molar-refractivity contribution in [2.75, 3.05) is 19.8 Å². The van der Waals surface area contributed by atoms with Gasteiger partial charge in [-0.05, 0) is 25.5 Å². The van der Waals surface area contributed by atoms with Crippen LogP contribution in [0.3, 0.4) is 0 Å². The lowest BCUT2D eigenvalue weighted by molar-refractivity contribution is 0.0802. The van der Waals surface area contributed by atoms with Gasteiger partial charge in [-0.25, -0.2) is 0 Å². The molecular formula is C16H23NO2. The molecule has 0 aliphatic carbocycles. The fraction of sp³-hybridized carbons (Fsp3) is 0.625. The second kappa shape index (κ2) is 5.93. The van der Waals surface area contributed by atoms with E-state index in [9.17, 15) is 0 Å². The van der Waals surface area contributed by atoms with Crippen LogP contribution in [-0.2, 0) is 4.74 Å². The van der Waals surface area contributed by atoms with Crippen molar-refractivity contribution < 1.29 is 9.47 Å². The molecule has 0 radical (unpaired) electrons. The van der Waals surface area contributed by atoms with E-state index in [4.69, 9.17) is 9.47 Å². The van der Waals surface area contributed by atoms with Gasteiger partial charge in [-0.2, -0.15) is 0 Å². The highest BCUT2D eigenvalue weighted by atomic mass is 16.5. The number of hydrogen-bond acceptors (Lipinski definition) is 3. The van der Waals surface area contributed by atoms with Crippen molar-refractivity contribution in [3.63, 3.8) is 0 Å². The smallest absolute Gasteiger partial charge is 0.124 e. The molecule has 0 aromatic heterocycles. The Balaban J connectivity index is 1.78. The summed E-state index contributed by atoms with van der Waals surface area (Å²) in [5, 5.41) is 3.66. The standard InChI is InChI=1S/C16H23NO2/c1-2-8-17-14-10-16(12-7-9-18-11-12)19-15-6-4-3-5-13(14)15/h3-6,12,14,16-17H,2,7-11H2,1H3. The zero-order valence-electron chi connectivity index (χ0n) is 11.6. The first-order valence-electron chi connectivity index (χ1n) is 7.45. The Morgan fingerprint density at radius 3 is 3.00 bits per heavy atom. The number of ether oxygens (including phenoxy) is 2. The predicted octanol–water partition coefficient (Wildman–Crippen LogP) is 2.91. The van der Waals surface area contributed by atoms with Crippen molar-refractivity contribution >= 4 is 0 Å². The summed E-state index contributed by atoms with van der Waals surface area (Å²) in [6.07, 6.45) is 3.65. The van der Waals surface area contributed by atoms with Gasteiger partial charge in [-0.15, -0.1) is 0 Å². The molecule has 3 nitrogen and oxygen atoms in total. The summed E-state index contributed by atoms with van der Waals surface area (Å²) in [5.41, 5.74) is 1.31. The highest BCUT2D eigenvalue weighted by molar-refractivity contribution is 5.38. The van der Waals surface area contributed by atoms with Crippen LogP contribution in [0.4, 0.5) is 0 Å². The second-order valence-corrected chi connectivity index (χ2v) is 5.56. The van der Waals surface area contributed by atoms with Crippen LogP contribution in [-0.4, -0.2) is 25.9 Å². The molecule has 3 rings (SSSR count). The van der Waals surface area contributed by atoms with Crippen LogP contribution in [0.5, 0.6) is 5.75 Å². The van der Waals surface area contributed by atoms with Crippen LogP contribution in [0.25, 0.3) is 0 Å². The molecule has 1 fully saturated rings. The Hall–Kier alpha value is -1.06. The molecule has 2 aliphatic heterocycles. The van der Waals surface area contributed by atoms with E-state index >= 15 is 0 Å². The quantitative estimate of drug-likeness (QED) is 0.904. The summed E-state index contributed by atoms with van der Waals surface area (Å²) in [4.78, 5) is 0. The molecule has 1 N–H and O–H groups in total. The zero-order chi connectivity index (χ0) is 13.1. The van der Waals surface area contributed by atoms with Gasteiger partial charge in [-0.1, -0.05) is 25.1 Å². The summed E-state index contributed by atoms with van der Waals surface area (Å²) in [6.45, 7) is 5.01. The fourth-order valence-electron chi connectivity index (χ4n) is 3.09. The summed E-state index contributed by atoms with van der Waals surface area (Å²) in [7, 11) is 0. The molecule has 3 heteroatoms. The summed E-state index contributed by atoms with van der Waals surface area (Å²) < 4.78 is 11.7. The molecular weight excluding hydrogens is 238 g/mol. The number of para-hydroxylation sites is 1. The fourth-order valence-corrected chi connectivity index (χ4v) is 3.09. The molecule has 1 saturated heterocycles. The third-order valence-corrected chi connectivity index (χ3v) is 4.17. The SMILES string of the molecule is CCCNC1CC(C2CCOC2)Oc2ccccc21. The maximum Gasteiger partial charge on any atom is 0.124 e. The molecule has 0 bridgehead atoms. The van der Waals surface area contributed by atoms with E-state index in [0.717, 1.165) is 44.8 Å². The first-order chi connectivity index (χ1) is 9.38. The van der Waals surface area contributed by atoms with Crippen LogP contribution in [0.2, 0.25) is 0 Å². The van der Waals surface area contributed by atoms with E-state index in [2.05, 4.69) is 36.5 Å². The van der Waals surface area contributed by atoms with Gasteiger partial charge in [0.1, 0.15) is 11.9 Å². The number of fused-ring (bicyclic) bond motifs is 1. The van der Waals surface area contributed by atoms with Crippen molar-refractivity contribution in [3.05, 3.63) is 29.8 Å². The summed E-state index contributed by atoms with van der Waals surface area (Å²) >= 11 is 0. The van der Waals surface area contributed by atoms with Gasteiger partial charge >= 0.3 is 0 Å². The Bertz CT molecular complexity index is 415. The number of rotatable bonds is 4. The van der Waals surface area contributed by atoms with Gasteiger partial charge in [-0.3, -0.25) is 0 Å². The molecule has 2 aliphatic rings. The Labute approximate surface area is 115 Å². The maximum absolute atomic E-state index is 6.21. The lowest BCUT2D eigenvalue weighted by atomic mass is 9.89. The topological polar surface area (TPSA) is 30.5 Å². The molecule has 2 heterocycles. The number of hydrogen-bond donors (Lipinski definition) is 1. The molecule has 19 heavy (non-hydrogen) atoms. The lowest BCUT2D eigenvalue weighted by Crippen LogP contribution is -2.37. The van der Waals surface area contributed by atoms with Gasteiger partial charge in [0, 0.05) is 30.6 Å². The van der Waals surface area contributed by atoms with Gasteiger partial charge in [0.05, 0.1) is 6.61 Å². The molecule has 0 saturated carbocycles. The predicted molar refractivity (Wildman–Crippen MR) is 75.4 cm³/mol. The molecule has 0 spiro atoms. The molecule has 0 amide bonds. The average molecular weight is 261 g/mol. The van der Waals surface area contributed by atoms with E-state index in [1.54, 1.807) is 0 Å². The minimum atomic E-state index is 0.298. The Kier molecular flexibility index (Phi) is 4.04. The van der Waals surface area contributed by atoms with Crippen molar-refractivity contribution in [3.8, 4) is 5.75 Å². The maximum atomic E-state index is 6.21. The molecule has 3 atom stereocenters. The second-order valence-electron chi connectivity index (χ2n) is 5.56. The minimum Gasteiger partial charge on any atom is -0.490 e. The van der Waals surface area contributed by atoms with Crippen LogP contribution < -0.4 is 10.1 Å². The van der Waals surface area contributed by atoms with Crippen LogP contribution in [0.1, 0.15) is 37.8 Å². The molecule has 1 aromatic carbocycles. The Morgan fingerprint density at radius 2 is 2.21 bits per heavy atom. The van der Waals surface area contributed by atoms with Gasteiger partial charge in [0.25, 0.3) is 0 Å². The van der Waals surface area contributed by atoms with E-state index in [0.29, 0.717) is 18.1 Å². The van der Waals surface area contributed by atoms with Crippen LogP contribution in [0, 0.1) is 5.92 Å². The largest absolute Gasteiger partial charge is 0.490 e. The van der Waals surface area contributed by atoms with E-state index in [-0.39, 0.29) is 0 Å². The van der Waals surface area contributed by atoms with Crippen molar-refractivity contribution in [2.45, 2.75) is 38.3 Å².